The predicted molar refractivity (Wildman–Crippen MR) is 45.4 cm³/mol. The molecule has 0 unspecified atom stereocenters. The summed E-state index contributed by atoms with van der Waals surface area (Å²) < 4.78 is 15.1. The van der Waals surface area contributed by atoms with Crippen molar-refractivity contribution in [3.05, 3.63) is 0 Å². The Morgan fingerprint density at radius 2 is 2.08 bits per heavy atom. The monoisotopic (exact) mass is 191 g/mol. The van der Waals surface area contributed by atoms with E-state index in [4.69, 9.17) is 13.9 Å². The highest BCUT2D eigenvalue weighted by Crippen LogP contribution is 2.16. The zero-order chi connectivity index (χ0) is 9.45. The molecule has 0 aromatic heterocycles. The molecule has 0 rings (SSSR count). The van der Waals surface area contributed by atoms with Gasteiger partial charge in [-0.15, -0.1) is 0 Å². The summed E-state index contributed by atoms with van der Waals surface area (Å²) in [4.78, 5) is 13.1. The summed E-state index contributed by atoms with van der Waals surface area (Å²) in [7, 11) is 3.45. The van der Waals surface area contributed by atoms with Crippen molar-refractivity contribution in [3.63, 3.8) is 0 Å². The quantitative estimate of drug-likeness (QED) is 0.233. The number of ether oxygens (including phenoxy) is 2. The maximum Gasteiger partial charge on any atom is 0.273 e. The number of methoxy groups -OCH3 is 2. The van der Waals surface area contributed by atoms with E-state index in [-0.39, 0.29) is 6.54 Å². The highest BCUT2D eigenvalue weighted by molar-refractivity contribution is 5.98. The highest BCUT2D eigenvalue weighted by Gasteiger charge is 2.27. The van der Waals surface area contributed by atoms with Gasteiger partial charge in [-0.05, 0) is 0 Å². The third-order valence-electron chi connectivity index (χ3n) is 1.53. The number of aliphatic imine (C=N–C) groups is 1. The minimum absolute atomic E-state index is 0.285. The second-order valence-electron chi connectivity index (χ2n) is 2.02. The lowest BCUT2D eigenvalue weighted by Crippen LogP contribution is -2.37. The van der Waals surface area contributed by atoms with Crippen molar-refractivity contribution in [2.75, 3.05) is 20.8 Å². The molecular formula is C6H13NO4Si. The van der Waals surface area contributed by atoms with E-state index in [1.165, 1.54) is 20.3 Å². The van der Waals surface area contributed by atoms with E-state index in [0.717, 1.165) is 0 Å². The fourth-order valence-corrected chi connectivity index (χ4v) is 1.33. The van der Waals surface area contributed by atoms with Crippen LogP contribution in [0, 0.1) is 0 Å². The van der Waals surface area contributed by atoms with Crippen molar-refractivity contribution in [1.82, 2.24) is 0 Å². The minimum atomic E-state index is -1.04. The zero-order valence-electron chi connectivity index (χ0n) is 7.49. The first-order valence-electron chi connectivity index (χ1n) is 3.43. The molecule has 0 atom stereocenters. The fourth-order valence-electron chi connectivity index (χ4n) is 0.795. The summed E-state index contributed by atoms with van der Waals surface area (Å²) in [5.41, 5.74) is 0. The van der Waals surface area contributed by atoms with E-state index >= 15 is 0 Å². The van der Waals surface area contributed by atoms with Gasteiger partial charge in [-0.3, -0.25) is 0 Å². The first kappa shape index (κ1) is 11.5. The number of carbonyl (C=O) groups excluding carboxylic acids is 1. The number of isocyanates is 1. The third-order valence-corrected chi connectivity index (χ3v) is 2.15. The van der Waals surface area contributed by atoms with Crippen LogP contribution in [0.5, 0.6) is 0 Å². The molecule has 0 N–H and O–H groups in total. The topological polar surface area (TPSA) is 57.1 Å². The lowest BCUT2D eigenvalue weighted by Gasteiger charge is -2.28. The second-order valence-corrected chi connectivity index (χ2v) is 2.43. The van der Waals surface area contributed by atoms with E-state index in [1.54, 1.807) is 0 Å². The molecule has 70 valence electrons. The Balaban J connectivity index is 4.00. The highest BCUT2D eigenvalue weighted by atomic mass is 28.2. The van der Waals surface area contributed by atoms with Gasteiger partial charge in [0, 0.05) is 20.6 Å². The van der Waals surface area contributed by atoms with Crippen molar-refractivity contribution >= 4 is 16.6 Å². The van der Waals surface area contributed by atoms with Gasteiger partial charge in [0.1, 0.15) is 0 Å². The van der Waals surface area contributed by atoms with Crippen LogP contribution in [-0.4, -0.2) is 43.3 Å². The second kappa shape index (κ2) is 6.04. The first-order chi connectivity index (χ1) is 5.74. The number of hydrogen-bond acceptors (Lipinski definition) is 5. The summed E-state index contributed by atoms with van der Waals surface area (Å²) in [5.74, 6) is -1.04. The fraction of sp³-hybridized carbons (Fsp3) is 0.833. The molecule has 0 aromatic carbocycles. The zero-order valence-corrected chi connectivity index (χ0v) is 9.49. The van der Waals surface area contributed by atoms with Gasteiger partial charge in [0.2, 0.25) is 6.08 Å². The van der Waals surface area contributed by atoms with Crippen LogP contribution in [0.4, 0.5) is 0 Å². The van der Waals surface area contributed by atoms with E-state index in [9.17, 15) is 4.79 Å². The Kier molecular flexibility index (Phi) is 5.78. The smallest absolute Gasteiger partial charge is 0.273 e. The van der Waals surface area contributed by atoms with Crippen molar-refractivity contribution in [3.8, 4) is 0 Å². The lowest BCUT2D eigenvalue weighted by molar-refractivity contribution is -0.323. The molecule has 0 aromatic rings. The molecule has 0 aliphatic rings. The van der Waals surface area contributed by atoms with E-state index < -0.39 is 5.97 Å². The van der Waals surface area contributed by atoms with Crippen molar-refractivity contribution in [2.24, 2.45) is 4.99 Å². The van der Waals surface area contributed by atoms with E-state index in [2.05, 4.69) is 4.99 Å². The summed E-state index contributed by atoms with van der Waals surface area (Å²) >= 11 is 0. The summed E-state index contributed by atoms with van der Waals surface area (Å²) in [6.45, 7) is 0.285. The Hall–Kier alpha value is -0.523. The molecule has 0 spiro atoms. The average molecular weight is 191 g/mol. The van der Waals surface area contributed by atoms with Gasteiger partial charge in [0.25, 0.3) is 5.97 Å². The molecule has 0 saturated heterocycles. The molecule has 0 aliphatic heterocycles. The number of rotatable bonds is 6. The van der Waals surface area contributed by atoms with Gasteiger partial charge < -0.3 is 13.9 Å². The molecule has 12 heavy (non-hydrogen) atoms. The largest absolute Gasteiger partial charge is 0.380 e. The van der Waals surface area contributed by atoms with Crippen LogP contribution in [0.25, 0.3) is 0 Å². The van der Waals surface area contributed by atoms with Crippen LogP contribution in [0.3, 0.4) is 0 Å². The SMILES string of the molecule is COC(CCN=C=O)(OC)O[SiH3]. The molecule has 0 radical (unpaired) electrons. The molecular weight excluding hydrogens is 178 g/mol. The van der Waals surface area contributed by atoms with Crippen molar-refractivity contribution in [2.45, 2.75) is 12.4 Å². The molecule has 0 bridgehead atoms. The first-order valence-corrected chi connectivity index (χ1v) is 4.25. The molecule has 5 nitrogen and oxygen atoms in total. The van der Waals surface area contributed by atoms with E-state index in [1.807, 2.05) is 0 Å². The number of hydrogen-bond donors (Lipinski definition) is 0. The maximum absolute atomic E-state index is 9.75. The van der Waals surface area contributed by atoms with Crippen LogP contribution in [-0.2, 0) is 18.7 Å². The van der Waals surface area contributed by atoms with Gasteiger partial charge in [-0.25, -0.2) is 9.79 Å². The van der Waals surface area contributed by atoms with E-state index in [0.29, 0.717) is 16.9 Å². The van der Waals surface area contributed by atoms with Crippen LogP contribution >= 0.6 is 0 Å². The summed E-state index contributed by atoms with van der Waals surface area (Å²) in [5, 5.41) is 0. The molecule has 0 fully saturated rings. The lowest BCUT2D eigenvalue weighted by atomic mass is 10.4. The predicted octanol–water partition coefficient (Wildman–Crippen LogP) is -1.04. The Labute approximate surface area is 74.3 Å². The standard InChI is InChI=1S/C6H13NO4Si/c1-9-6(10-2,11-12)3-4-7-5-8/h3-4H2,1-2,12H3. The Bertz CT molecular complexity index is 157. The third kappa shape index (κ3) is 3.25. The van der Waals surface area contributed by atoms with Gasteiger partial charge >= 0.3 is 0 Å². The van der Waals surface area contributed by atoms with Crippen molar-refractivity contribution in [1.29, 1.82) is 0 Å². The van der Waals surface area contributed by atoms with Crippen LogP contribution < -0.4 is 0 Å². The van der Waals surface area contributed by atoms with Gasteiger partial charge in [0.05, 0.1) is 6.54 Å². The summed E-state index contributed by atoms with van der Waals surface area (Å²) in [6, 6.07) is 0. The number of nitrogens with zero attached hydrogens (tertiary/aromatic N) is 1. The summed E-state index contributed by atoms with van der Waals surface area (Å²) in [6.07, 6.45) is 1.82. The minimum Gasteiger partial charge on any atom is -0.380 e. The van der Waals surface area contributed by atoms with Crippen LogP contribution in [0.2, 0.25) is 0 Å². The van der Waals surface area contributed by atoms with Gasteiger partial charge in [-0.2, -0.15) is 0 Å². The molecule has 0 amide bonds. The molecule has 0 aliphatic carbocycles. The van der Waals surface area contributed by atoms with Gasteiger partial charge in [-0.1, -0.05) is 0 Å². The van der Waals surface area contributed by atoms with Crippen LogP contribution in [0.1, 0.15) is 6.42 Å². The Morgan fingerprint density at radius 3 is 2.42 bits per heavy atom. The van der Waals surface area contributed by atoms with Gasteiger partial charge in [0.15, 0.2) is 10.5 Å². The Morgan fingerprint density at radius 1 is 1.50 bits per heavy atom. The maximum atomic E-state index is 9.75. The molecule has 6 heteroatoms. The normalized spacial score (nSPS) is 11.2. The average Bonchev–Trinajstić information content (AvgIpc) is 2.14. The molecule has 0 saturated carbocycles. The van der Waals surface area contributed by atoms with Crippen molar-refractivity contribution < 1.29 is 18.7 Å². The molecule has 0 heterocycles. The van der Waals surface area contributed by atoms with Crippen LogP contribution in [0.15, 0.2) is 4.99 Å².